The molecule has 1 fully saturated rings. The number of rotatable bonds is 6. The predicted octanol–water partition coefficient (Wildman–Crippen LogP) is 1.10. The van der Waals surface area contributed by atoms with Crippen molar-refractivity contribution in [1.82, 2.24) is 0 Å². The summed E-state index contributed by atoms with van der Waals surface area (Å²) in [5.74, 6) is -2.01. The lowest BCUT2D eigenvalue weighted by Gasteiger charge is -2.43. The lowest BCUT2D eigenvalue weighted by molar-refractivity contribution is -0.201. The van der Waals surface area contributed by atoms with E-state index in [1.165, 1.54) is 13.8 Å². The van der Waals surface area contributed by atoms with Gasteiger partial charge in [-0.1, -0.05) is 16.9 Å². The van der Waals surface area contributed by atoms with Crippen LogP contribution in [-0.4, -0.2) is 59.4 Å². The van der Waals surface area contributed by atoms with Gasteiger partial charge in [0.05, 0.1) is 0 Å². The van der Waals surface area contributed by atoms with Crippen LogP contribution in [0.5, 0.6) is 0 Å². The number of thioether (sulfide) groups is 1. The Morgan fingerprint density at radius 3 is 2.08 bits per heavy atom. The molecule has 5 atom stereocenters. The van der Waals surface area contributed by atoms with Crippen LogP contribution in [0.25, 0.3) is 10.4 Å². The highest BCUT2D eigenvalue weighted by Gasteiger charge is 2.50. The molecule has 0 aromatic rings. The Morgan fingerprint density at radius 1 is 1.04 bits per heavy atom. The van der Waals surface area contributed by atoms with Gasteiger partial charge in [-0.05, 0) is 5.53 Å². The molecule has 0 aromatic heterocycles. The van der Waals surface area contributed by atoms with E-state index in [2.05, 4.69) is 10.0 Å². The van der Waals surface area contributed by atoms with E-state index in [9.17, 15) is 19.2 Å². The minimum absolute atomic E-state index is 0.313. The predicted molar refractivity (Wildman–Crippen MR) is 87.6 cm³/mol. The van der Waals surface area contributed by atoms with Gasteiger partial charge in [0.15, 0.2) is 5.12 Å². The van der Waals surface area contributed by atoms with E-state index in [0.717, 1.165) is 13.8 Å². The lowest BCUT2D eigenvalue weighted by Crippen LogP contribution is -2.59. The molecule has 1 saturated heterocycles. The standard InChI is InChI=1S/C14H19N3O8S/c1-6(18)22-5-10-12(23-7(2)19)11(16-17-15)13(24-8(3)20)14(25-10)26-9(4)21/h10-14H,5H2,1-4H3/t10-,11+,12+,13-,14-/m1/s1. The Labute approximate surface area is 153 Å². The highest BCUT2D eigenvalue weighted by atomic mass is 32.2. The molecule has 12 heteroatoms. The van der Waals surface area contributed by atoms with Crippen molar-refractivity contribution in [3.05, 3.63) is 10.4 Å². The van der Waals surface area contributed by atoms with E-state index in [4.69, 9.17) is 24.5 Å². The second-order valence-electron chi connectivity index (χ2n) is 5.30. The minimum atomic E-state index is -1.18. The third kappa shape index (κ3) is 6.54. The molecule has 0 aromatic carbocycles. The van der Waals surface area contributed by atoms with E-state index in [1.54, 1.807) is 0 Å². The second-order valence-corrected chi connectivity index (χ2v) is 6.57. The Hall–Kier alpha value is -2.30. The molecule has 11 nitrogen and oxygen atoms in total. The molecule has 0 aliphatic carbocycles. The number of esters is 3. The van der Waals surface area contributed by atoms with Gasteiger partial charge >= 0.3 is 17.9 Å². The SMILES string of the molecule is CC(=O)OC[C@H]1O[C@H](SC(C)=O)[C@H](OC(C)=O)[C@@H](N=[N+]=[N-])[C@H]1OC(C)=O. The molecule has 26 heavy (non-hydrogen) atoms. The molecule has 144 valence electrons. The summed E-state index contributed by atoms with van der Waals surface area (Å²) >= 11 is 0.711. The van der Waals surface area contributed by atoms with Crippen LogP contribution in [-0.2, 0) is 38.1 Å². The fourth-order valence-electron chi connectivity index (χ4n) is 2.33. The molecule has 0 bridgehead atoms. The van der Waals surface area contributed by atoms with Crippen molar-refractivity contribution in [3.8, 4) is 0 Å². The summed E-state index contributed by atoms with van der Waals surface area (Å²) in [4.78, 5) is 48.2. The number of hydrogen-bond acceptors (Lipinski definition) is 10. The summed E-state index contributed by atoms with van der Waals surface area (Å²) in [7, 11) is 0. The number of nitrogens with zero attached hydrogens (tertiary/aromatic N) is 3. The molecule has 1 rings (SSSR count). The van der Waals surface area contributed by atoms with Crippen molar-refractivity contribution in [2.45, 2.75) is 57.5 Å². The lowest BCUT2D eigenvalue weighted by atomic mass is 9.97. The number of azide groups is 1. The van der Waals surface area contributed by atoms with Crippen molar-refractivity contribution in [2.24, 2.45) is 5.11 Å². The number of hydrogen-bond donors (Lipinski definition) is 0. The molecule has 0 saturated carbocycles. The van der Waals surface area contributed by atoms with Crippen LogP contribution < -0.4 is 0 Å². The summed E-state index contributed by atoms with van der Waals surface area (Å²) in [6, 6.07) is -1.18. The molecular weight excluding hydrogens is 370 g/mol. The van der Waals surface area contributed by atoms with Gasteiger partial charge in [-0.15, -0.1) is 0 Å². The number of ether oxygens (including phenoxy) is 4. The zero-order valence-electron chi connectivity index (χ0n) is 14.6. The minimum Gasteiger partial charge on any atom is -0.463 e. The van der Waals surface area contributed by atoms with Gasteiger partial charge in [0, 0.05) is 32.6 Å². The van der Waals surface area contributed by atoms with E-state index in [0.29, 0.717) is 11.8 Å². The van der Waals surface area contributed by atoms with Crippen LogP contribution in [0.3, 0.4) is 0 Å². The van der Waals surface area contributed by atoms with Crippen molar-refractivity contribution in [2.75, 3.05) is 6.61 Å². The van der Waals surface area contributed by atoms with Crippen molar-refractivity contribution in [3.63, 3.8) is 0 Å². The fourth-order valence-corrected chi connectivity index (χ4v) is 3.21. The monoisotopic (exact) mass is 389 g/mol. The van der Waals surface area contributed by atoms with Gasteiger partial charge < -0.3 is 18.9 Å². The first-order valence-electron chi connectivity index (χ1n) is 7.50. The van der Waals surface area contributed by atoms with Crippen LogP contribution in [0.1, 0.15) is 27.7 Å². The van der Waals surface area contributed by atoms with Crippen LogP contribution >= 0.6 is 11.8 Å². The van der Waals surface area contributed by atoms with E-state index in [-0.39, 0.29) is 11.7 Å². The van der Waals surface area contributed by atoms with Gasteiger partial charge in [-0.3, -0.25) is 19.2 Å². The molecule has 0 radical (unpaired) electrons. The van der Waals surface area contributed by atoms with Crippen molar-refractivity contribution >= 4 is 34.8 Å². The second kappa shape index (κ2) is 10.00. The summed E-state index contributed by atoms with van der Waals surface area (Å²) in [6.07, 6.45) is -3.40. The Bertz CT molecular complexity index is 621. The van der Waals surface area contributed by atoms with Crippen LogP contribution in [0, 0.1) is 0 Å². The summed E-state index contributed by atoms with van der Waals surface area (Å²) in [6.45, 7) is 4.41. The van der Waals surface area contributed by atoms with Gasteiger partial charge in [0.25, 0.3) is 0 Å². The first-order chi connectivity index (χ1) is 12.1. The topological polar surface area (TPSA) is 154 Å². The van der Waals surface area contributed by atoms with Crippen molar-refractivity contribution < 1.29 is 38.1 Å². The zero-order chi connectivity index (χ0) is 19.9. The molecular formula is C14H19N3O8S. The quantitative estimate of drug-likeness (QED) is 0.213. The Kier molecular flexibility index (Phi) is 8.36. The highest BCUT2D eigenvalue weighted by Crippen LogP contribution is 2.34. The number of carbonyl (C=O) groups is 4. The first kappa shape index (κ1) is 21.7. The summed E-state index contributed by atoms with van der Waals surface area (Å²) in [5, 5.41) is 3.22. The number of carbonyl (C=O) groups excluding carboxylic acids is 4. The fraction of sp³-hybridized carbons (Fsp3) is 0.714. The molecule has 1 aliphatic rings. The molecule has 1 aliphatic heterocycles. The average Bonchev–Trinajstić information content (AvgIpc) is 2.50. The van der Waals surface area contributed by atoms with Gasteiger partial charge in [-0.2, -0.15) is 0 Å². The van der Waals surface area contributed by atoms with Gasteiger partial charge in [-0.25, -0.2) is 0 Å². The third-order valence-corrected chi connectivity index (χ3v) is 4.08. The maximum atomic E-state index is 11.5. The van der Waals surface area contributed by atoms with Gasteiger partial charge in [0.1, 0.15) is 36.4 Å². The third-order valence-electron chi connectivity index (χ3n) is 3.14. The van der Waals surface area contributed by atoms with Crippen LogP contribution in [0.4, 0.5) is 0 Å². The molecule has 0 spiro atoms. The maximum absolute atomic E-state index is 11.5. The van der Waals surface area contributed by atoms with E-state index >= 15 is 0 Å². The summed E-state index contributed by atoms with van der Waals surface area (Å²) < 4.78 is 20.9. The molecule has 1 heterocycles. The molecule has 0 unspecified atom stereocenters. The van der Waals surface area contributed by atoms with Gasteiger partial charge in [0.2, 0.25) is 0 Å². The van der Waals surface area contributed by atoms with Crippen LogP contribution in [0.15, 0.2) is 5.11 Å². The van der Waals surface area contributed by atoms with E-state index < -0.39 is 47.7 Å². The smallest absolute Gasteiger partial charge is 0.303 e. The first-order valence-corrected chi connectivity index (χ1v) is 8.38. The normalized spacial score (nSPS) is 27.6. The molecule has 0 amide bonds. The largest absolute Gasteiger partial charge is 0.463 e. The van der Waals surface area contributed by atoms with E-state index in [1.807, 2.05) is 0 Å². The summed E-state index contributed by atoms with van der Waals surface area (Å²) in [5.41, 5.74) is 7.83. The van der Waals surface area contributed by atoms with Crippen LogP contribution in [0.2, 0.25) is 0 Å². The van der Waals surface area contributed by atoms with Crippen molar-refractivity contribution in [1.29, 1.82) is 0 Å². The zero-order valence-corrected chi connectivity index (χ0v) is 15.4. The molecule has 0 N–H and O–H groups in total. The highest BCUT2D eigenvalue weighted by molar-refractivity contribution is 8.14. The Balaban J connectivity index is 3.27. The Morgan fingerprint density at radius 2 is 1.62 bits per heavy atom. The average molecular weight is 389 g/mol. The maximum Gasteiger partial charge on any atom is 0.303 e.